The molecule has 0 heterocycles. The van der Waals surface area contributed by atoms with Crippen molar-refractivity contribution in [2.75, 3.05) is 26.4 Å². The molecular weight excluding hydrogens is 206 g/mol. The Morgan fingerprint density at radius 2 is 2.00 bits per heavy atom. The van der Waals surface area contributed by atoms with Gasteiger partial charge in [0.1, 0.15) is 18.8 Å². The summed E-state index contributed by atoms with van der Waals surface area (Å²) in [7, 11) is 0. The summed E-state index contributed by atoms with van der Waals surface area (Å²) in [4.78, 5) is 21.0. The van der Waals surface area contributed by atoms with Crippen molar-refractivity contribution in [1.82, 2.24) is 5.32 Å². The number of nitrogens with one attached hydrogen (secondary N) is 1. The minimum Gasteiger partial charge on any atom is -0.480 e. The Labute approximate surface area is 86.7 Å². The monoisotopic (exact) mass is 221 g/mol. The molecule has 0 aromatic heterocycles. The summed E-state index contributed by atoms with van der Waals surface area (Å²) in [5, 5.41) is 28.4. The molecule has 88 valence electrons. The molecule has 0 fully saturated rings. The van der Waals surface area contributed by atoms with Crippen LogP contribution in [0.4, 0.5) is 0 Å². The van der Waals surface area contributed by atoms with Crippen LogP contribution in [0.5, 0.6) is 0 Å². The van der Waals surface area contributed by atoms with Crippen molar-refractivity contribution in [2.24, 2.45) is 0 Å². The molecule has 1 amide bonds. The first-order valence-corrected chi connectivity index (χ1v) is 4.27. The van der Waals surface area contributed by atoms with Gasteiger partial charge < -0.3 is 25.4 Å². The van der Waals surface area contributed by atoms with E-state index in [1.54, 1.807) is 0 Å². The Hall–Kier alpha value is -1.18. The van der Waals surface area contributed by atoms with Crippen LogP contribution in [0.15, 0.2) is 0 Å². The maximum atomic E-state index is 11.0. The van der Waals surface area contributed by atoms with Crippen LogP contribution in [-0.4, -0.2) is 59.2 Å². The number of carbonyl (C=O) groups is 2. The van der Waals surface area contributed by atoms with Crippen molar-refractivity contribution < 1.29 is 29.6 Å². The average Bonchev–Trinajstić information content (AvgIpc) is 2.14. The van der Waals surface area contributed by atoms with Gasteiger partial charge in [-0.3, -0.25) is 4.79 Å². The van der Waals surface area contributed by atoms with E-state index in [0.717, 1.165) is 0 Å². The first kappa shape index (κ1) is 13.8. The lowest BCUT2D eigenvalue weighted by Crippen LogP contribution is -2.44. The highest BCUT2D eigenvalue weighted by molar-refractivity contribution is 5.77. The number of hydrogen-bond donors (Lipinski definition) is 4. The Kier molecular flexibility index (Phi) is 5.83. The number of carboxylic acids is 1. The van der Waals surface area contributed by atoms with E-state index in [0.29, 0.717) is 0 Å². The third kappa shape index (κ3) is 7.86. The van der Waals surface area contributed by atoms with E-state index < -0.39 is 37.3 Å². The fourth-order valence-electron chi connectivity index (χ4n) is 0.627. The number of aliphatic carboxylic acids is 1. The number of amides is 1. The van der Waals surface area contributed by atoms with E-state index in [1.807, 2.05) is 0 Å². The highest BCUT2D eigenvalue weighted by Crippen LogP contribution is 1.97. The predicted molar refractivity (Wildman–Crippen MR) is 49.2 cm³/mol. The van der Waals surface area contributed by atoms with Crippen molar-refractivity contribution in [3.05, 3.63) is 0 Å². The first-order chi connectivity index (χ1) is 6.87. The van der Waals surface area contributed by atoms with Crippen LogP contribution in [0.1, 0.15) is 6.92 Å². The molecule has 7 heteroatoms. The SMILES string of the molecule is CC(O)(CO)CNC(=O)COCC(=O)O. The van der Waals surface area contributed by atoms with Crippen molar-refractivity contribution in [1.29, 1.82) is 0 Å². The van der Waals surface area contributed by atoms with E-state index >= 15 is 0 Å². The van der Waals surface area contributed by atoms with E-state index in [1.165, 1.54) is 6.92 Å². The number of carboxylic acid groups (broad SMARTS) is 1. The smallest absolute Gasteiger partial charge is 0.329 e. The normalized spacial score (nSPS) is 14.3. The quantitative estimate of drug-likeness (QED) is 0.393. The van der Waals surface area contributed by atoms with Gasteiger partial charge in [-0.2, -0.15) is 0 Å². The Morgan fingerprint density at radius 3 is 2.47 bits per heavy atom. The van der Waals surface area contributed by atoms with Crippen LogP contribution in [0.25, 0.3) is 0 Å². The van der Waals surface area contributed by atoms with Gasteiger partial charge in [0.05, 0.1) is 6.61 Å². The lowest BCUT2D eigenvalue weighted by atomic mass is 10.1. The third-order valence-corrected chi connectivity index (χ3v) is 1.47. The van der Waals surface area contributed by atoms with Gasteiger partial charge in [-0.15, -0.1) is 0 Å². The van der Waals surface area contributed by atoms with Gasteiger partial charge in [-0.05, 0) is 6.92 Å². The number of carbonyl (C=O) groups excluding carboxylic acids is 1. The van der Waals surface area contributed by atoms with Gasteiger partial charge in [-0.1, -0.05) is 0 Å². The molecule has 4 N–H and O–H groups in total. The van der Waals surface area contributed by atoms with Crippen LogP contribution < -0.4 is 5.32 Å². The van der Waals surface area contributed by atoms with Crippen LogP contribution in [0, 0.1) is 0 Å². The number of ether oxygens (including phenoxy) is 1. The minimum absolute atomic E-state index is 0.126. The standard InChI is InChI=1S/C8H15NO6/c1-8(14,5-10)4-9-6(11)2-15-3-7(12)13/h10,14H,2-5H2,1H3,(H,9,11)(H,12,13). The second-order valence-electron chi connectivity index (χ2n) is 3.32. The molecule has 0 saturated carbocycles. The molecule has 0 aromatic rings. The molecule has 0 aliphatic rings. The van der Waals surface area contributed by atoms with Gasteiger partial charge in [0.2, 0.25) is 5.91 Å². The highest BCUT2D eigenvalue weighted by atomic mass is 16.5. The molecule has 0 spiro atoms. The molecule has 0 bridgehead atoms. The van der Waals surface area contributed by atoms with Crippen molar-refractivity contribution in [2.45, 2.75) is 12.5 Å². The average molecular weight is 221 g/mol. The molecule has 1 atom stereocenters. The molecule has 0 aromatic carbocycles. The van der Waals surface area contributed by atoms with Crippen LogP contribution in [-0.2, 0) is 14.3 Å². The molecular formula is C8H15NO6. The Balaban J connectivity index is 3.62. The highest BCUT2D eigenvalue weighted by Gasteiger charge is 2.19. The summed E-state index contributed by atoms with van der Waals surface area (Å²) in [5.74, 6) is -1.71. The Bertz CT molecular complexity index is 227. The van der Waals surface area contributed by atoms with Crippen LogP contribution in [0.3, 0.4) is 0 Å². The van der Waals surface area contributed by atoms with Crippen molar-refractivity contribution >= 4 is 11.9 Å². The predicted octanol–water partition coefficient (Wildman–Crippen LogP) is -2.05. The van der Waals surface area contributed by atoms with Gasteiger partial charge >= 0.3 is 5.97 Å². The van der Waals surface area contributed by atoms with Crippen molar-refractivity contribution in [3.63, 3.8) is 0 Å². The fraction of sp³-hybridized carbons (Fsp3) is 0.750. The van der Waals surface area contributed by atoms with E-state index in [4.69, 9.17) is 10.2 Å². The van der Waals surface area contributed by atoms with Crippen LogP contribution in [0.2, 0.25) is 0 Å². The second-order valence-corrected chi connectivity index (χ2v) is 3.32. The molecule has 7 nitrogen and oxygen atoms in total. The summed E-state index contributed by atoms with van der Waals surface area (Å²) < 4.78 is 4.50. The Morgan fingerprint density at radius 1 is 1.40 bits per heavy atom. The lowest BCUT2D eigenvalue weighted by molar-refractivity contribution is -0.143. The van der Waals surface area contributed by atoms with E-state index in [-0.39, 0.29) is 6.54 Å². The summed E-state index contributed by atoms with van der Waals surface area (Å²) in [6, 6.07) is 0. The zero-order chi connectivity index (χ0) is 11.9. The molecule has 0 aliphatic carbocycles. The largest absolute Gasteiger partial charge is 0.480 e. The maximum absolute atomic E-state index is 11.0. The fourth-order valence-corrected chi connectivity index (χ4v) is 0.627. The number of aliphatic hydroxyl groups excluding tert-OH is 1. The van der Waals surface area contributed by atoms with Crippen LogP contribution >= 0.6 is 0 Å². The summed E-state index contributed by atoms with van der Waals surface area (Å²) in [5.41, 5.74) is -1.39. The maximum Gasteiger partial charge on any atom is 0.329 e. The first-order valence-electron chi connectivity index (χ1n) is 4.27. The second kappa shape index (κ2) is 6.33. The number of rotatable bonds is 7. The third-order valence-electron chi connectivity index (χ3n) is 1.47. The summed E-state index contributed by atoms with van der Waals surface area (Å²) in [6.45, 7) is -0.203. The topological polar surface area (TPSA) is 116 Å². The van der Waals surface area contributed by atoms with Gasteiger partial charge in [0.25, 0.3) is 0 Å². The molecule has 0 aliphatic heterocycles. The van der Waals surface area contributed by atoms with Crippen molar-refractivity contribution in [3.8, 4) is 0 Å². The minimum atomic E-state index is -1.39. The number of aliphatic hydroxyl groups is 2. The molecule has 0 rings (SSSR count). The molecule has 0 radical (unpaired) electrons. The zero-order valence-corrected chi connectivity index (χ0v) is 8.39. The van der Waals surface area contributed by atoms with E-state index in [2.05, 4.69) is 10.1 Å². The van der Waals surface area contributed by atoms with Gasteiger partial charge in [0.15, 0.2) is 0 Å². The summed E-state index contributed by atoms with van der Waals surface area (Å²) in [6.07, 6.45) is 0. The van der Waals surface area contributed by atoms with Gasteiger partial charge in [0, 0.05) is 6.54 Å². The summed E-state index contributed by atoms with van der Waals surface area (Å²) >= 11 is 0. The zero-order valence-electron chi connectivity index (χ0n) is 8.39. The van der Waals surface area contributed by atoms with Gasteiger partial charge in [-0.25, -0.2) is 4.79 Å². The molecule has 1 unspecified atom stereocenters. The van der Waals surface area contributed by atoms with E-state index in [9.17, 15) is 14.7 Å². The number of hydrogen-bond acceptors (Lipinski definition) is 5. The lowest BCUT2D eigenvalue weighted by Gasteiger charge is -2.20. The molecule has 0 saturated heterocycles. The molecule has 15 heavy (non-hydrogen) atoms.